The van der Waals surface area contributed by atoms with Crippen molar-refractivity contribution in [1.29, 1.82) is 0 Å². The number of benzene rings is 1. The van der Waals surface area contributed by atoms with Gasteiger partial charge in [-0.05, 0) is 38.7 Å². The van der Waals surface area contributed by atoms with Crippen molar-refractivity contribution in [3.05, 3.63) is 35.4 Å². The third-order valence-corrected chi connectivity index (χ3v) is 5.90. The van der Waals surface area contributed by atoms with Crippen molar-refractivity contribution in [2.45, 2.75) is 56.9 Å². The van der Waals surface area contributed by atoms with Crippen LogP contribution >= 0.6 is 0 Å². The number of hydrogen-bond donors (Lipinski definition) is 1. The molecule has 1 aromatic carbocycles. The average Bonchev–Trinajstić information content (AvgIpc) is 2.38. The molecule has 112 valence electrons. The molecule has 0 heterocycles. The third kappa shape index (κ3) is 4.06. The molecule has 3 atom stereocenters. The molecule has 1 aliphatic carbocycles. The predicted molar refractivity (Wildman–Crippen MR) is 83.6 cm³/mol. The van der Waals surface area contributed by atoms with Crippen LogP contribution in [0.2, 0.25) is 0 Å². The lowest BCUT2D eigenvalue weighted by molar-refractivity contribution is 0.346. The van der Waals surface area contributed by atoms with Gasteiger partial charge in [-0.15, -0.1) is 0 Å². The van der Waals surface area contributed by atoms with Gasteiger partial charge in [0.15, 0.2) is 0 Å². The van der Waals surface area contributed by atoms with E-state index in [1.54, 1.807) is 0 Å². The van der Waals surface area contributed by atoms with Crippen molar-refractivity contribution in [1.82, 2.24) is 5.32 Å². The molecule has 0 bridgehead atoms. The predicted octanol–water partition coefficient (Wildman–Crippen LogP) is 3.00. The van der Waals surface area contributed by atoms with Crippen LogP contribution in [0.15, 0.2) is 24.3 Å². The summed E-state index contributed by atoms with van der Waals surface area (Å²) in [7, 11) is -2.91. The summed E-state index contributed by atoms with van der Waals surface area (Å²) in [5, 5.41) is 3.43. The van der Waals surface area contributed by atoms with Gasteiger partial charge in [-0.3, -0.25) is 0 Å². The molecule has 1 fully saturated rings. The lowest BCUT2D eigenvalue weighted by Gasteiger charge is -2.31. The molecule has 2 unspecified atom stereocenters. The normalized spacial score (nSPS) is 25.4. The highest BCUT2D eigenvalue weighted by molar-refractivity contribution is 7.91. The fourth-order valence-electron chi connectivity index (χ4n) is 3.07. The second-order valence-electron chi connectivity index (χ2n) is 6.12. The molecular formula is C16H25NO2S. The van der Waals surface area contributed by atoms with Crippen LogP contribution in [0, 0.1) is 6.92 Å². The van der Waals surface area contributed by atoms with Crippen molar-refractivity contribution in [2.75, 3.05) is 6.26 Å². The Morgan fingerprint density at radius 2 is 2.05 bits per heavy atom. The summed E-state index contributed by atoms with van der Waals surface area (Å²) in [6.45, 7) is 4.25. The number of sulfone groups is 1. The highest BCUT2D eigenvalue weighted by atomic mass is 32.2. The van der Waals surface area contributed by atoms with Gasteiger partial charge in [-0.2, -0.15) is 0 Å². The molecule has 0 aliphatic heterocycles. The molecule has 0 aromatic heterocycles. The van der Waals surface area contributed by atoms with Crippen LogP contribution < -0.4 is 5.32 Å². The molecule has 3 nitrogen and oxygen atoms in total. The minimum absolute atomic E-state index is 0.168. The topological polar surface area (TPSA) is 46.2 Å². The summed E-state index contributed by atoms with van der Waals surface area (Å²) < 4.78 is 23.4. The Hall–Kier alpha value is -0.870. The van der Waals surface area contributed by atoms with Crippen LogP contribution in [0.4, 0.5) is 0 Å². The fourth-order valence-corrected chi connectivity index (χ4v) is 4.25. The van der Waals surface area contributed by atoms with E-state index in [4.69, 9.17) is 0 Å². The van der Waals surface area contributed by atoms with Crippen LogP contribution in [0.25, 0.3) is 0 Å². The van der Waals surface area contributed by atoms with Crippen LogP contribution in [0.5, 0.6) is 0 Å². The second kappa shape index (κ2) is 6.27. The van der Waals surface area contributed by atoms with Crippen LogP contribution in [-0.2, 0) is 9.84 Å². The molecule has 1 aromatic rings. The van der Waals surface area contributed by atoms with Crippen molar-refractivity contribution >= 4 is 9.84 Å². The average molecular weight is 295 g/mol. The highest BCUT2D eigenvalue weighted by Gasteiger charge is 2.29. The fraction of sp³-hybridized carbons (Fsp3) is 0.625. The van der Waals surface area contributed by atoms with E-state index in [-0.39, 0.29) is 11.3 Å². The SMILES string of the molecule is Cc1cccc([C@@H](C)NC2CCCC(S(C)(=O)=O)C2)c1. The maximum absolute atomic E-state index is 11.7. The number of hydrogen-bond acceptors (Lipinski definition) is 3. The smallest absolute Gasteiger partial charge is 0.150 e. The van der Waals surface area contributed by atoms with E-state index in [0.717, 1.165) is 25.7 Å². The Balaban J connectivity index is 1.99. The highest BCUT2D eigenvalue weighted by Crippen LogP contribution is 2.26. The lowest BCUT2D eigenvalue weighted by Crippen LogP contribution is -2.39. The molecule has 4 heteroatoms. The molecule has 1 N–H and O–H groups in total. The molecule has 0 radical (unpaired) electrons. The minimum atomic E-state index is -2.91. The molecule has 20 heavy (non-hydrogen) atoms. The van der Waals surface area contributed by atoms with E-state index >= 15 is 0 Å². The Kier molecular flexibility index (Phi) is 4.86. The summed E-state index contributed by atoms with van der Waals surface area (Å²) in [6.07, 6.45) is 4.99. The molecule has 0 spiro atoms. The molecule has 1 aliphatic rings. The summed E-state index contributed by atoms with van der Waals surface area (Å²) in [4.78, 5) is 0. The van der Waals surface area contributed by atoms with Crippen molar-refractivity contribution in [3.8, 4) is 0 Å². The molecule has 1 saturated carbocycles. The van der Waals surface area contributed by atoms with Crippen LogP contribution in [-0.4, -0.2) is 26.0 Å². The Labute approximate surface area is 122 Å². The van der Waals surface area contributed by atoms with E-state index in [0.29, 0.717) is 6.04 Å². The number of aryl methyl sites for hydroxylation is 1. The summed E-state index contributed by atoms with van der Waals surface area (Å²) in [5.41, 5.74) is 2.53. The van der Waals surface area contributed by atoms with Gasteiger partial charge in [0.2, 0.25) is 0 Å². The van der Waals surface area contributed by atoms with Gasteiger partial charge in [-0.25, -0.2) is 8.42 Å². The first-order valence-corrected chi connectivity index (χ1v) is 9.33. The van der Waals surface area contributed by atoms with E-state index in [1.807, 2.05) is 0 Å². The van der Waals surface area contributed by atoms with Gasteiger partial charge in [0, 0.05) is 18.3 Å². The Bertz CT molecular complexity index is 553. The van der Waals surface area contributed by atoms with Crippen molar-refractivity contribution in [3.63, 3.8) is 0 Å². The maximum atomic E-state index is 11.7. The summed E-state index contributed by atoms with van der Waals surface area (Å²) in [5.74, 6) is 0. The quantitative estimate of drug-likeness (QED) is 0.929. The van der Waals surface area contributed by atoms with Gasteiger partial charge in [-0.1, -0.05) is 36.2 Å². The zero-order chi connectivity index (χ0) is 14.8. The standard InChI is InChI=1S/C16H25NO2S/c1-12-6-4-7-14(10-12)13(2)17-15-8-5-9-16(11-15)20(3,18)19/h4,6-7,10,13,15-17H,5,8-9,11H2,1-3H3/t13-,15?,16?/m1/s1. The van der Waals surface area contributed by atoms with Gasteiger partial charge in [0.05, 0.1) is 5.25 Å². The first-order valence-electron chi connectivity index (χ1n) is 7.38. The largest absolute Gasteiger partial charge is 0.307 e. The lowest BCUT2D eigenvalue weighted by atomic mass is 9.93. The minimum Gasteiger partial charge on any atom is -0.307 e. The van der Waals surface area contributed by atoms with E-state index in [9.17, 15) is 8.42 Å². The zero-order valence-electron chi connectivity index (χ0n) is 12.6. The van der Waals surface area contributed by atoms with Gasteiger partial charge >= 0.3 is 0 Å². The second-order valence-corrected chi connectivity index (χ2v) is 8.44. The Morgan fingerprint density at radius 3 is 2.70 bits per heavy atom. The first-order chi connectivity index (χ1) is 9.36. The summed E-state index contributed by atoms with van der Waals surface area (Å²) in [6, 6.07) is 9.05. The first kappa shape index (κ1) is 15.5. The molecule has 0 amide bonds. The number of rotatable bonds is 4. The van der Waals surface area contributed by atoms with E-state index < -0.39 is 9.84 Å². The molecule has 2 rings (SSSR count). The van der Waals surface area contributed by atoms with E-state index in [1.165, 1.54) is 17.4 Å². The third-order valence-electron chi connectivity index (χ3n) is 4.26. The number of nitrogens with one attached hydrogen (secondary N) is 1. The molecular weight excluding hydrogens is 270 g/mol. The van der Waals surface area contributed by atoms with E-state index in [2.05, 4.69) is 43.4 Å². The van der Waals surface area contributed by atoms with Crippen LogP contribution in [0.3, 0.4) is 0 Å². The zero-order valence-corrected chi connectivity index (χ0v) is 13.4. The van der Waals surface area contributed by atoms with Gasteiger partial charge in [0.25, 0.3) is 0 Å². The van der Waals surface area contributed by atoms with Crippen LogP contribution in [0.1, 0.15) is 49.8 Å². The summed E-state index contributed by atoms with van der Waals surface area (Å²) >= 11 is 0. The van der Waals surface area contributed by atoms with Gasteiger partial charge in [0.1, 0.15) is 9.84 Å². The van der Waals surface area contributed by atoms with Gasteiger partial charge < -0.3 is 5.32 Å². The van der Waals surface area contributed by atoms with Crippen molar-refractivity contribution < 1.29 is 8.42 Å². The maximum Gasteiger partial charge on any atom is 0.150 e. The van der Waals surface area contributed by atoms with Crippen molar-refractivity contribution in [2.24, 2.45) is 0 Å². The monoisotopic (exact) mass is 295 g/mol. The molecule has 0 saturated heterocycles. The Morgan fingerprint density at radius 1 is 1.30 bits per heavy atom.